The van der Waals surface area contributed by atoms with Crippen LogP contribution in [0.1, 0.15) is 87.9 Å². The number of amides is 1. The van der Waals surface area contributed by atoms with E-state index >= 15 is 0 Å². The Morgan fingerprint density at radius 1 is 0.852 bits per heavy atom. The number of hydrogen-bond donors (Lipinski definition) is 2. The molecule has 1 aliphatic carbocycles. The number of fused-ring (bicyclic) bond motifs is 1. The summed E-state index contributed by atoms with van der Waals surface area (Å²) in [7, 11) is 1.45. The predicted molar refractivity (Wildman–Crippen MR) is 181 cm³/mol. The number of nitrogens with zero attached hydrogens (tertiary/aromatic N) is 2. The number of halogens is 8. The summed E-state index contributed by atoms with van der Waals surface area (Å²) in [6.45, 7) is 8.10. The molecule has 1 fully saturated rings. The fourth-order valence-corrected chi connectivity index (χ4v) is 6.24. The Kier molecular flexibility index (Phi) is 11.3. The molecule has 1 heterocycles. The Morgan fingerprint density at radius 3 is 2.04 bits per heavy atom. The molecule has 0 spiro atoms. The Hall–Kier alpha value is -5.22. The molecule has 0 bridgehead atoms. The standard InChI is InChI=1S/C37H36F8N4O5/c1-16(20-11-21(37(43,44)45)13-22(12-20)49-35(51)54-36(3,4)5)46-33-24-14-23(26(52-6)15-25(24)47-17(2)48-33)18-7-9-19(10-8-18)34(50)53-32-30(41)28(39)27(38)29(40)31(32)42/h11-16,18-19H,7-10H2,1-6H3,(H,49,51)(H,46,47,48)/t16-,18?,19?/m1/s1. The van der Waals surface area contributed by atoms with Crippen LogP contribution in [0.25, 0.3) is 10.9 Å². The van der Waals surface area contributed by atoms with Gasteiger partial charge < -0.3 is 19.5 Å². The van der Waals surface area contributed by atoms with Crippen LogP contribution < -0.4 is 20.1 Å². The van der Waals surface area contributed by atoms with Crippen LogP contribution in [0.2, 0.25) is 0 Å². The first-order chi connectivity index (χ1) is 25.2. The summed E-state index contributed by atoms with van der Waals surface area (Å²) in [6.07, 6.45) is -4.71. The molecule has 0 aliphatic heterocycles. The average molecular weight is 769 g/mol. The van der Waals surface area contributed by atoms with E-state index in [1.807, 2.05) is 0 Å². The van der Waals surface area contributed by atoms with E-state index in [0.29, 0.717) is 40.9 Å². The van der Waals surface area contributed by atoms with Gasteiger partial charge in [0.05, 0.1) is 30.1 Å². The Balaban J connectivity index is 1.40. The van der Waals surface area contributed by atoms with Gasteiger partial charge in [0, 0.05) is 17.1 Å². The zero-order chi connectivity index (χ0) is 39.9. The topological polar surface area (TPSA) is 112 Å². The second-order valence-electron chi connectivity index (χ2n) is 13.9. The van der Waals surface area contributed by atoms with E-state index in [1.54, 1.807) is 46.8 Å². The van der Waals surface area contributed by atoms with Crippen molar-refractivity contribution < 1.29 is 58.9 Å². The van der Waals surface area contributed by atoms with E-state index in [0.717, 1.165) is 12.1 Å². The van der Waals surface area contributed by atoms with Crippen LogP contribution in [0.3, 0.4) is 0 Å². The van der Waals surface area contributed by atoms with Gasteiger partial charge in [-0.1, -0.05) is 0 Å². The van der Waals surface area contributed by atoms with Crippen LogP contribution in [0.15, 0.2) is 30.3 Å². The number of anilines is 2. The molecule has 1 aromatic heterocycles. The van der Waals surface area contributed by atoms with Crippen molar-refractivity contribution in [1.82, 2.24) is 9.97 Å². The van der Waals surface area contributed by atoms with Crippen LogP contribution in [0.4, 0.5) is 51.4 Å². The fourth-order valence-electron chi connectivity index (χ4n) is 6.24. The SMILES string of the molecule is COc1cc2nc(C)nc(N[C@H](C)c3cc(NC(=O)OC(C)(C)C)cc(C(F)(F)F)c3)c2cc1C1CCC(C(=O)Oc2c(F)c(F)c(F)c(F)c2F)CC1. The van der Waals surface area contributed by atoms with Gasteiger partial charge in [-0.15, -0.1) is 0 Å². The summed E-state index contributed by atoms with van der Waals surface area (Å²) >= 11 is 0. The van der Waals surface area contributed by atoms with Gasteiger partial charge >= 0.3 is 18.2 Å². The van der Waals surface area contributed by atoms with E-state index in [2.05, 4.69) is 25.3 Å². The highest BCUT2D eigenvalue weighted by Gasteiger charge is 2.35. The minimum absolute atomic E-state index is 0.134. The minimum atomic E-state index is -4.73. The van der Waals surface area contributed by atoms with E-state index in [-0.39, 0.29) is 35.8 Å². The molecule has 0 saturated heterocycles. The molecule has 9 nitrogen and oxygen atoms in total. The van der Waals surface area contributed by atoms with Gasteiger partial charge in [0.15, 0.2) is 0 Å². The second kappa shape index (κ2) is 15.3. The molecular weight excluding hydrogens is 732 g/mol. The molecule has 3 aromatic carbocycles. The summed E-state index contributed by atoms with van der Waals surface area (Å²) in [5, 5.41) is 6.03. The number of aryl methyl sites for hydroxylation is 1. The van der Waals surface area contributed by atoms with Crippen molar-refractivity contribution in [3.63, 3.8) is 0 Å². The number of aromatic nitrogens is 2. The lowest BCUT2D eigenvalue weighted by atomic mass is 9.78. The molecule has 1 saturated carbocycles. The number of carbonyl (C=O) groups is 2. The second-order valence-corrected chi connectivity index (χ2v) is 13.9. The molecule has 1 atom stereocenters. The van der Waals surface area contributed by atoms with E-state index in [9.17, 15) is 44.7 Å². The molecule has 0 radical (unpaired) electrons. The lowest BCUT2D eigenvalue weighted by Gasteiger charge is -2.29. The van der Waals surface area contributed by atoms with Crippen molar-refractivity contribution in [2.45, 2.75) is 84.0 Å². The summed E-state index contributed by atoms with van der Waals surface area (Å²) in [5.74, 6) is -14.2. The number of methoxy groups -OCH3 is 1. The number of nitrogens with one attached hydrogen (secondary N) is 2. The fraction of sp³-hybridized carbons (Fsp3) is 0.405. The number of hydrogen-bond acceptors (Lipinski definition) is 8. The molecule has 1 aliphatic rings. The van der Waals surface area contributed by atoms with Gasteiger partial charge in [-0.25, -0.2) is 27.9 Å². The van der Waals surface area contributed by atoms with Crippen molar-refractivity contribution in [1.29, 1.82) is 0 Å². The largest absolute Gasteiger partial charge is 0.496 e. The molecular formula is C37H36F8N4O5. The van der Waals surface area contributed by atoms with Crippen LogP contribution in [-0.4, -0.2) is 34.7 Å². The monoisotopic (exact) mass is 768 g/mol. The smallest absolute Gasteiger partial charge is 0.416 e. The van der Waals surface area contributed by atoms with Gasteiger partial charge in [-0.05, 0) is 102 Å². The van der Waals surface area contributed by atoms with Crippen molar-refractivity contribution in [3.8, 4) is 11.5 Å². The highest BCUT2D eigenvalue weighted by molar-refractivity contribution is 5.91. The Morgan fingerprint density at radius 2 is 1.46 bits per heavy atom. The molecule has 1 amide bonds. The first-order valence-electron chi connectivity index (χ1n) is 16.7. The number of benzene rings is 3. The third-order valence-electron chi connectivity index (χ3n) is 8.81. The van der Waals surface area contributed by atoms with Crippen LogP contribution in [0.5, 0.6) is 11.5 Å². The van der Waals surface area contributed by atoms with Crippen molar-refractivity contribution in [2.24, 2.45) is 5.92 Å². The molecule has 5 rings (SSSR count). The lowest BCUT2D eigenvalue weighted by Crippen LogP contribution is -2.27. The third kappa shape index (κ3) is 8.76. The maximum absolute atomic E-state index is 14.1. The molecule has 290 valence electrons. The number of rotatable bonds is 8. The summed E-state index contributed by atoms with van der Waals surface area (Å²) < 4.78 is 126. The van der Waals surface area contributed by atoms with E-state index in [4.69, 9.17) is 9.47 Å². The summed E-state index contributed by atoms with van der Waals surface area (Å²) in [5.41, 5.74) is -0.715. The number of carbonyl (C=O) groups excluding carboxylic acids is 2. The Labute approximate surface area is 304 Å². The first-order valence-corrected chi connectivity index (χ1v) is 16.7. The quantitative estimate of drug-likeness (QED) is 0.0599. The van der Waals surface area contributed by atoms with Crippen molar-refractivity contribution >= 4 is 34.5 Å². The van der Waals surface area contributed by atoms with Crippen LogP contribution in [-0.2, 0) is 15.7 Å². The normalized spacial score (nSPS) is 16.9. The third-order valence-corrected chi connectivity index (χ3v) is 8.81. The van der Waals surface area contributed by atoms with Gasteiger partial charge in [0.2, 0.25) is 34.8 Å². The van der Waals surface area contributed by atoms with Crippen molar-refractivity contribution in [2.75, 3.05) is 17.7 Å². The van der Waals surface area contributed by atoms with Crippen molar-refractivity contribution in [3.05, 3.63) is 81.9 Å². The van der Waals surface area contributed by atoms with E-state index in [1.165, 1.54) is 13.2 Å². The zero-order valence-electron chi connectivity index (χ0n) is 29.9. The number of ether oxygens (including phenoxy) is 3. The number of alkyl halides is 3. The highest BCUT2D eigenvalue weighted by Crippen LogP contribution is 2.43. The van der Waals surface area contributed by atoms with Gasteiger partial charge in [-0.2, -0.15) is 22.0 Å². The maximum atomic E-state index is 14.1. The molecule has 54 heavy (non-hydrogen) atoms. The maximum Gasteiger partial charge on any atom is 0.416 e. The first kappa shape index (κ1) is 40.0. The lowest BCUT2D eigenvalue weighted by molar-refractivity contribution is -0.140. The Bertz CT molecular complexity index is 2070. The van der Waals surface area contributed by atoms with E-state index < -0.39 is 76.2 Å². The summed E-state index contributed by atoms with van der Waals surface area (Å²) in [6, 6.07) is 5.80. The molecule has 0 unspecified atom stereocenters. The van der Waals surface area contributed by atoms with Crippen LogP contribution in [0, 0.1) is 41.9 Å². The number of esters is 1. The predicted octanol–water partition coefficient (Wildman–Crippen LogP) is 10.1. The average Bonchev–Trinajstić information content (AvgIpc) is 3.09. The molecule has 2 N–H and O–H groups in total. The molecule has 17 heteroatoms. The van der Waals surface area contributed by atoms with Gasteiger partial charge in [0.25, 0.3) is 0 Å². The highest BCUT2D eigenvalue weighted by atomic mass is 19.4. The zero-order valence-corrected chi connectivity index (χ0v) is 29.9. The molecule has 4 aromatic rings. The van der Waals surface area contributed by atoms with Crippen LogP contribution >= 0.6 is 0 Å². The van der Waals surface area contributed by atoms with Gasteiger partial charge in [-0.3, -0.25) is 10.1 Å². The summed E-state index contributed by atoms with van der Waals surface area (Å²) in [4.78, 5) is 34.2. The minimum Gasteiger partial charge on any atom is -0.496 e. The van der Waals surface area contributed by atoms with Gasteiger partial charge in [0.1, 0.15) is 23.0 Å².